The van der Waals surface area contributed by atoms with Crippen molar-refractivity contribution in [3.05, 3.63) is 12.2 Å². The molecule has 4 rings (SSSR count). The number of carbonyl (C=O) groups excluding carboxylic acids is 1. The maximum Gasteiger partial charge on any atom is 0.333 e. The molecule has 0 aromatic rings. The Morgan fingerprint density at radius 2 is 1.16 bits per heavy atom. The average molecular weight is 444 g/mol. The number of esters is 1. The third kappa shape index (κ3) is 6.19. The third-order valence-corrected chi connectivity index (χ3v) is 9.57. The highest BCUT2D eigenvalue weighted by Crippen LogP contribution is 2.43. The van der Waals surface area contributed by atoms with Crippen LogP contribution in [0.1, 0.15) is 123 Å². The van der Waals surface area contributed by atoms with Gasteiger partial charge in [0, 0.05) is 23.7 Å². The Hall–Kier alpha value is -0.830. The molecule has 0 aliphatic heterocycles. The van der Waals surface area contributed by atoms with Crippen LogP contribution in [0.15, 0.2) is 12.2 Å². The molecule has 3 heteroatoms. The molecule has 4 aliphatic carbocycles. The standard InChI is InChI=1S/C29H49NO2/c1-21(2)29(31)32-28-19-13-24(14-20-28)23-11-17-27(18-12-23)30(25-7-5-4-6-8-25)26-15-9-22(3)10-16-26/h22-28H,1,4-20H2,2-3H3. The Morgan fingerprint density at radius 1 is 0.688 bits per heavy atom. The lowest BCUT2D eigenvalue weighted by molar-refractivity contribution is -0.146. The molecule has 0 aromatic carbocycles. The van der Waals surface area contributed by atoms with Crippen LogP contribution in [0.5, 0.6) is 0 Å². The van der Waals surface area contributed by atoms with Crippen LogP contribution in [-0.2, 0) is 9.53 Å². The van der Waals surface area contributed by atoms with E-state index in [9.17, 15) is 4.79 Å². The molecule has 0 N–H and O–H groups in total. The van der Waals surface area contributed by atoms with Crippen molar-refractivity contribution in [1.29, 1.82) is 0 Å². The van der Waals surface area contributed by atoms with Crippen molar-refractivity contribution in [2.75, 3.05) is 0 Å². The average Bonchev–Trinajstić information content (AvgIpc) is 2.82. The molecule has 0 aromatic heterocycles. The van der Waals surface area contributed by atoms with Crippen LogP contribution in [-0.4, -0.2) is 35.1 Å². The molecule has 0 spiro atoms. The first-order valence-electron chi connectivity index (χ1n) is 14.1. The van der Waals surface area contributed by atoms with E-state index >= 15 is 0 Å². The Bertz CT molecular complexity index is 601. The lowest BCUT2D eigenvalue weighted by Crippen LogP contribution is -2.52. The number of ether oxygens (including phenoxy) is 1. The van der Waals surface area contributed by atoms with E-state index in [0.29, 0.717) is 5.57 Å². The Morgan fingerprint density at radius 3 is 1.69 bits per heavy atom. The summed E-state index contributed by atoms with van der Waals surface area (Å²) in [5.41, 5.74) is 0.528. The van der Waals surface area contributed by atoms with E-state index in [1.54, 1.807) is 6.92 Å². The van der Waals surface area contributed by atoms with Crippen molar-refractivity contribution in [2.45, 2.75) is 147 Å². The van der Waals surface area contributed by atoms with E-state index < -0.39 is 0 Å². The first-order chi connectivity index (χ1) is 15.5. The monoisotopic (exact) mass is 443 g/mol. The molecule has 0 heterocycles. The Labute approximate surface area is 197 Å². The van der Waals surface area contributed by atoms with Crippen LogP contribution in [0, 0.1) is 17.8 Å². The molecular formula is C29H49NO2. The Kier molecular flexibility index (Phi) is 8.76. The Balaban J connectivity index is 1.28. The quantitative estimate of drug-likeness (QED) is 0.315. The molecule has 4 aliphatic rings. The van der Waals surface area contributed by atoms with Gasteiger partial charge in [-0.1, -0.05) is 32.8 Å². The maximum atomic E-state index is 11.8. The van der Waals surface area contributed by atoms with E-state index in [1.807, 2.05) is 0 Å². The first-order valence-corrected chi connectivity index (χ1v) is 14.1. The lowest BCUT2D eigenvalue weighted by Gasteiger charge is -2.49. The highest BCUT2D eigenvalue weighted by atomic mass is 16.5. The van der Waals surface area contributed by atoms with Gasteiger partial charge in [-0.3, -0.25) is 4.90 Å². The highest BCUT2D eigenvalue weighted by Gasteiger charge is 2.38. The minimum Gasteiger partial charge on any atom is -0.459 e. The summed E-state index contributed by atoms with van der Waals surface area (Å²) in [6.45, 7) is 7.93. The van der Waals surface area contributed by atoms with Gasteiger partial charge in [0.2, 0.25) is 0 Å². The fourth-order valence-corrected chi connectivity index (χ4v) is 7.62. The predicted molar refractivity (Wildman–Crippen MR) is 133 cm³/mol. The van der Waals surface area contributed by atoms with Gasteiger partial charge in [-0.2, -0.15) is 0 Å². The fraction of sp³-hybridized carbons (Fsp3) is 0.897. The van der Waals surface area contributed by atoms with Gasteiger partial charge in [0.1, 0.15) is 6.10 Å². The number of nitrogens with zero attached hydrogens (tertiary/aromatic N) is 1. The third-order valence-electron chi connectivity index (χ3n) is 9.57. The fourth-order valence-electron chi connectivity index (χ4n) is 7.62. The minimum atomic E-state index is -0.200. The maximum absolute atomic E-state index is 11.8. The zero-order chi connectivity index (χ0) is 22.5. The minimum absolute atomic E-state index is 0.127. The van der Waals surface area contributed by atoms with E-state index in [2.05, 4.69) is 18.4 Å². The summed E-state index contributed by atoms with van der Waals surface area (Å²) in [5, 5.41) is 0. The smallest absolute Gasteiger partial charge is 0.333 e. The second kappa shape index (κ2) is 11.5. The highest BCUT2D eigenvalue weighted by molar-refractivity contribution is 5.87. The van der Waals surface area contributed by atoms with Crippen LogP contribution in [0.3, 0.4) is 0 Å². The molecule has 0 amide bonds. The number of rotatable bonds is 6. The molecule has 0 bridgehead atoms. The number of carbonyl (C=O) groups is 1. The van der Waals surface area contributed by atoms with Crippen LogP contribution in [0.4, 0.5) is 0 Å². The van der Waals surface area contributed by atoms with Crippen molar-refractivity contribution in [2.24, 2.45) is 17.8 Å². The summed E-state index contributed by atoms with van der Waals surface area (Å²) in [4.78, 5) is 15.0. The number of hydrogen-bond donors (Lipinski definition) is 0. The second-order valence-corrected chi connectivity index (χ2v) is 11.9. The van der Waals surface area contributed by atoms with Crippen LogP contribution in [0.25, 0.3) is 0 Å². The summed E-state index contributed by atoms with van der Waals surface area (Å²) in [7, 11) is 0. The predicted octanol–water partition coefficient (Wildman–Crippen LogP) is 7.44. The molecule has 182 valence electrons. The van der Waals surface area contributed by atoms with Gasteiger partial charge >= 0.3 is 5.97 Å². The van der Waals surface area contributed by atoms with Gasteiger partial charge in [0.25, 0.3) is 0 Å². The largest absolute Gasteiger partial charge is 0.459 e. The van der Waals surface area contributed by atoms with E-state index in [1.165, 1.54) is 96.3 Å². The summed E-state index contributed by atoms with van der Waals surface area (Å²) in [6.07, 6.45) is 23.5. The van der Waals surface area contributed by atoms with Gasteiger partial charge < -0.3 is 4.74 Å². The van der Waals surface area contributed by atoms with Crippen molar-refractivity contribution < 1.29 is 9.53 Å². The van der Waals surface area contributed by atoms with Crippen molar-refractivity contribution in [3.63, 3.8) is 0 Å². The van der Waals surface area contributed by atoms with Gasteiger partial charge in [-0.05, 0) is 115 Å². The molecule has 0 saturated heterocycles. The zero-order valence-corrected chi connectivity index (χ0v) is 21.0. The van der Waals surface area contributed by atoms with Crippen LogP contribution >= 0.6 is 0 Å². The van der Waals surface area contributed by atoms with Crippen LogP contribution < -0.4 is 0 Å². The van der Waals surface area contributed by atoms with Crippen LogP contribution in [0.2, 0.25) is 0 Å². The summed E-state index contributed by atoms with van der Waals surface area (Å²) >= 11 is 0. The topological polar surface area (TPSA) is 29.5 Å². The molecule has 32 heavy (non-hydrogen) atoms. The molecule has 3 nitrogen and oxygen atoms in total. The normalized spacial score (nSPS) is 37.2. The summed E-state index contributed by atoms with van der Waals surface area (Å²) in [5.74, 6) is 2.51. The second-order valence-electron chi connectivity index (χ2n) is 11.9. The van der Waals surface area contributed by atoms with E-state index in [4.69, 9.17) is 4.74 Å². The SMILES string of the molecule is C=C(C)C(=O)OC1CCC(C2CCC(N(C3CCCCC3)C3CCC(C)CC3)CC2)CC1. The van der Waals surface area contributed by atoms with Crippen molar-refractivity contribution in [1.82, 2.24) is 4.90 Å². The summed E-state index contributed by atoms with van der Waals surface area (Å²) in [6, 6.07) is 2.59. The first kappa shape index (κ1) is 24.3. The van der Waals surface area contributed by atoms with Gasteiger partial charge in [-0.25, -0.2) is 4.79 Å². The molecule has 4 saturated carbocycles. The zero-order valence-electron chi connectivity index (χ0n) is 21.0. The summed E-state index contributed by atoms with van der Waals surface area (Å²) < 4.78 is 5.63. The van der Waals surface area contributed by atoms with Crippen molar-refractivity contribution >= 4 is 5.97 Å². The van der Waals surface area contributed by atoms with E-state index in [0.717, 1.165) is 48.7 Å². The van der Waals surface area contributed by atoms with Crippen molar-refractivity contribution in [3.8, 4) is 0 Å². The van der Waals surface area contributed by atoms with Gasteiger partial charge in [0.05, 0.1) is 0 Å². The molecule has 0 unspecified atom stereocenters. The van der Waals surface area contributed by atoms with E-state index in [-0.39, 0.29) is 12.1 Å². The molecular weight excluding hydrogens is 394 g/mol. The lowest BCUT2D eigenvalue weighted by atomic mass is 9.71. The molecule has 0 radical (unpaired) electrons. The number of hydrogen-bond acceptors (Lipinski definition) is 3. The van der Waals surface area contributed by atoms with Gasteiger partial charge in [-0.15, -0.1) is 0 Å². The molecule has 0 atom stereocenters. The van der Waals surface area contributed by atoms with Gasteiger partial charge in [0.15, 0.2) is 0 Å². The molecule has 4 fully saturated rings.